The number of unbranched alkanes of at least 4 members (excludes halogenated alkanes) is 17. The molecule has 0 radical (unpaired) electrons. The first kappa shape index (κ1) is 24.5. The van der Waals surface area contributed by atoms with Crippen molar-refractivity contribution in [1.82, 2.24) is 0 Å². The van der Waals surface area contributed by atoms with Crippen molar-refractivity contribution < 1.29 is 0 Å². The maximum atomic E-state index is 2.55. The van der Waals surface area contributed by atoms with E-state index in [1.54, 1.807) is 5.25 Å². The van der Waals surface area contributed by atoms with Gasteiger partial charge in [0.1, 0.15) is 0 Å². The van der Waals surface area contributed by atoms with Crippen LogP contribution in [0.2, 0.25) is 22.5 Å². The van der Waals surface area contributed by atoms with Gasteiger partial charge in [-0.2, -0.15) is 0 Å². The Hall–Kier alpha value is 0.543. The maximum absolute atomic E-state index is 2.55. The first-order valence-electron chi connectivity index (χ1n) is 11.6. The van der Waals surface area contributed by atoms with Gasteiger partial charge in [0.25, 0.3) is 0 Å². The van der Waals surface area contributed by atoms with Gasteiger partial charge in [-0.25, -0.2) is 0 Å². The van der Waals surface area contributed by atoms with E-state index in [0.29, 0.717) is 0 Å². The summed E-state index contributed by atoms with van der Waals surface area (Å²) in [7, 11) is 0. The van der Waals surface area contributed by atoms with Crippen LogP contribution in [0.4, 0.5) is 0 Å². The Morgan fingerprint density at radius 3 is 0.875 bits per heavy atom. The monoisotopic (exact) mass is 400 g/mol. The predicted octanol–water partition coefficient (Wildman–Crippen LogP) is 9.37. The number of hydrogen-bond donors (Lipinski definition) is 0. The van der Waals surface area contributed by atoms with Crippen LogP contribution in [0, 0.1) is 0 Å². The Morgan fingerprint density at radius 1 is 0.375 bits per heavy atom. The zero-order chi connectivity index (χ0) is 17.9. The topological polar surface area (TPSA) is 0 Å². The summed E-state index contributed by atoms with van der Waals surface area (Å²) in [5, 5.41) is 1.58. The molecule has 0 spiro atoms. The Kier molecular flexibility index (Phi) is 18.8. The van der Waals surface area contributed by atoms with E-state index in [0.717, 1.165) is 0 Å². The molecule has 0 bridgehead atoms. The Balaban J connectivity index is 3.00. The molecule has 24 heavy (non-hydrogen) atoms. The van der Waals surface area contributed by atoms with Gasteiger partial charge >= 0.3 is 106 Å². The van der Waals surface area contributed by atoms with Crippen molar-refractivity contribution in [2.24, 2.45) is 0 Å². The fraction of sp³-hybridized carbons (Fsp3) is 1.00. The molecule has 0 aromatic carbocycles. The van der Waals surface area contributed by atoms with E-state index >= 15 is 0 Å². The second-order valence-corrected chi connectivity index (χ2v) is 21.1. The number of rotatable bonds is 19. The van der Waals surface area contributed by atoms with Gasteiger partial charge in [0, 0.05) is 0 Å². The summed E-state index contributed by atoms with van der Waals surface area (Å²) in [6.45, 7) is 2.30. The first-order valence-corrected chi connectivity index (χ1v) is 19.3. The molecular formula is C23H50Ge. The summed E-state index contributed by atoms with van der Waals surface area (Å²) in [6.07, 6.45) is 26.7. The van der Waals surface area contributed by atoms with Crippen LogP contribution in [0.5, 0.6) is 0 Å². The number of hydrogen-bond acceptors (Lipinski definition) is 0. The van der Waals surface area contributed by atoms with Gasteiger partial charge < -0.3 is 0 Å². The van der Waals surface area contributed by atoms with Crippen LogP contribution in [0.1, 0.15) is 122 Å². The summed E-state index contributed by atoms with van der Waals surface area (Å²) in [4.78, 5) is 0. The minimum atomic E-state index is -1.22. The molecule has 0 aliphatic carbocycles. The normalized spacial score (nSPS) is 12.0. The summed E-state index contributed by atoms with van der Waals surface area (Å²) >= 11 is -1.22. The van der Waals surface area contributed by atoms with E-state index in [1.165, 1.54) is 116 Å². The molecule has 146 valence electrons. The minimum absolute atomic E-state index is 1.22. The molecule has 0 atom stereocenters. The van der Waals surface area contributed by atoms with Crippen molar-refractivity contribution in [2.75, 3.05) is 0 Å². The van der Waals surface area contributed by atoms with Crippen LogP contribution in [-0.2, 0) is 0 Å². The third kappa shape index (κ3) is 22.5. The van der Waals surface area contributed by atoms with Crippen LogP contribution in [0.15, 0.2) is 0 Å². The molecular weight excluding hydrogens is 349 g/mol. The second-order valence-electron chi connectivity index (χ2n) is 9.32. The van der Waals surface area contributed by atoms with Crippen LogP contribution in [0.3, 0.4) is 0 Å². The van der Waals surface area contributed by atoms with Crippen LogP contribution >= 0.6 is 0 Å². The molecule has 0 fully saturated rings. The van der Waals surface area contributed by atoms with Gasteiger partial charge in [0.15, 0.2) is 0 Å². The Morgan fingerprint density at radius 2 is 0.625 bits per heavy atom. The third-order valence-corrected chi connectivity index (χ3v) is 9.17. The quantitative estimate of drug-likeness (QED) is 0.150. The Bertz CT molecular complexity index is 229. The van der Waals surface area contributed by atoms with Gasteiger partial charge in [0.05, 0.1) is 0 Å². The predicted molar refractivity (Wildman–Crippen MR) is 117 cm³/mol. The van der Waals surface area contributed by atoms with Crippen molar-refractivity contribution >= 4 is 13.3 Å². The SMILES string of the molecule is CCCCCCCCCCCCCCCCCCC[CH2][Ge]([CH3])([CH3])[CH3]. The van der Waals surface area contributed by atoms with Crippen molar-refractivity contribution in [3.8, 4) is 0 Å². The summed E-state index contributed by atoms with van der Waals surface area (Å²) in [5.74, 6) is 7.65. The molecule has 0 rings (SSSR count). The van der Waals surface area contributed by atoms with E-state index in [1.807, 2.05) is 0 Å². The van der Waals surface area contributed by atoms with Crippen LogP contribution in [-0.4, -0.2) is 13.3 Å². The van der Waals surface area contributed by atoms with E-state index in [2.05, 4.69) is 24.2 Å². The van der Waals surface area contributed by atoms with E-state index in [4.69, 9.17) is 0 Å². The van der Waals surface area contributed by atoms with Crippen molar-refractivity contribution in [1.29, 1.82) is 0 Å². The molecule has 0 nitrogen and oxygen atoms in total. The molecule has 0 aromatic rings. The van der Waals surface area contributed by atoms with Gasteiger partial charge in [-0.3, -0.25) is 0 Å². The Labute approximate surface area is 158 Å². The summed E-state index contributed by atoms with van der Waals surface area (Å²) in [5.41, 5.74) is 0. The molecule has 0 aliphatic rings. The molecule has 0 saturated heterocycles. The molecule has 0 heterocycles. The average Bonchev–Trinajstić information content (AvgIpc) is 2.52. The van der Waals surface area contributed by atoms with Crippen LogP contribution in [0.25, 0.3) is 0 Å². The van der Waals surface area contributed by atoms with Crippen molar-refractivity contribution in [2.45, 2.75) is 145 Å². The molecule has 0 unspecified atom stereocenters. The van der Waals surface area contributed by atoms with Crippen molar-refractivity contribution in [3.63, 3.8) is 0 Å². The van der Waals surface area contributed by atoms with Gasteiger partial charge in [-0.1, -0.05) is 51.9 Å². The molecule has 0 saturated carbocycles. The molecule has 1 heteroatoms. The third-order valence-electron chi connectivity index (χ3n) is 5.28. The average molecular weight is 399 g/mol. The molecule has 0 aromatic heterocycles. The van der Waals surface area contributed by atoms with E-state index in [-0.39, 0.29) is 0 Å². The summed E-state index contributed by atoms with van der Waals surface area (Å²) in [6, 6.07) is 0. The van der Waals surface area contributed by atoms with E-state index in [9.17, 15) is 0 Å². The fourth-order valence-electron chi connectivity index (χ4n) is 3.56. The summed E-state index contributed by atoms with van der Waals surface area (Å²) < 4.78 is 0. The standard InChI is InChI=1S/C23H50Ge/c1-5-6-7-8-9-10-11-12-13-14-15-16-17-18-19-20-21-22-23-24(2,3)4/h5-23H2,1-4H3. The molecule has 0 amide bonds. The molecule has 0 N–H and O–H groups in total. The molecule has 0 aliphatic heterocycles. The van der Waals surface area contributed by atoms with E-state index < -0.39 is 13.3 Å². The fourth-order valence-corrected chi connectivity index (χ4v) is 6.31. The zero-order valence-electron chi connectivity index (χ0n) is 17.9. The van der Waals surface area contributed by atoms with Gasteiger partial charge in [-0.05, 0) is 0 Å². The second kappa shape index (κ2) is 18.3. The van der Waals surface area contributed by atoms with Crippen molar-refractivity contribution in [3.05, 3.63) is 0 Å². The first-order chi connectivity index (χ1) is 11.6. The van der Waals surface area contributed by atoms with Gasteiger partial charge in [-0.15, -0.1) is 0 Å². The van der Waals surface area contributed by atoms with Crippen LogP contribution < -0.4 is 0 Å². The zero-order valence-corrected chi connectivity index (χ0v) is 20.0. The van der Waals surface area contributed by atoms with Gasteiger partial charge in [0.2, 0.25) is 0 Å².